The zero-order chi connectivity index (χ0) is 46.3. The van der Waals surface area contributed by atoms with Crippen molar-refractivity contribution in [2.24, 2.45) is 22.7 Å². The number of nitrogens with zero attached hydrogens (tertiary/aromatic N) is 5. The number of hydrogen-bond acceptors (Lipinski definition) is 10. The fourth-order valence-corrected chi connectivity index (χ4v) is 8.62. The summed E-state index contributed by atoms with van der Waals surface area (Å²) in [6.07, 6.45) is 11.7. The number of hydrogen-bond donors (Lipinski definition) is 2. The van der Waals surface area contributed by atoms with Crippen LogP contribution in [-0.2, 0) is 21.4 Å². The van der Waals surface area contributed by atoms with Gasteiger partial charge in [0.05, 0.1) is 40.6 Å². The normalized spacial score (nSPS) is 13.4. The van der Waals surface area contributed by atoms with Crippen LogP contribution in [-0.4, -0.2) is 67.5 Å². The lowest BCUT2D eigenvalue weighted by Crippen LogP contribution is -2.35. The fourth-order valence-electron chi connectivity index (χ4n) is 8.16. The number of rotatable bonds is 26. The van der Waals surface area contributed by atoms with Gasteiger partial charge in [0.2, 0.25) is 10.0 Å². The van der Waals surface area contributed by atoms with Crippen LogP contribution in [0.2, 0.25) is 0 Å². The van der Waals surface area contributed by atoms with E-state index in [0.717, 1.165) is 63.3 Å². The highest BCUT2D eigenvalue weighted by Gasteiger charge is 2.27. The van der Waals surface area contributed by atoms with Gasteiger partial charge in [-0.25, -0.2) is 23.1 Å². The largest absolute Gasteiger partial charge is 0.495 e. The van der Waals surface area contributed by atoms with Crippen molar-refractivity contribution in [3.05, 3.63) is 92.0 Å². The third-order valence-electron chi connectivity index (χ3n) is 11.8. The first-order valence-electron chi connectivity index (χ1n) is 22.5. The number of benzene rings is 3. The predicted molar refractivity (Wildman–Crippen MR) is 256 cm³/mol. The van der Waals surface area contributed by atoms with Crippen LogP contribution in [0.3, 0.4) is 0 Å². The van der Waals surface area contributed by atoms with E-state index in [2.05, 4.69) is 37.7 Å². The van der Waals surface area contributed by atoms with Crippen molar-refractivity contribution in [1.82, 2.24) is 14.3 Å². The number of fused-ring (bicyclic) bond motifs is 1. The molecule has 0 saturated carbocycles. The van der Waals surface area contributed by atoms with E-state index in [1.165, 1.54) is 32.1 Å². The standard InChI is InChI=1S/C48H69N7O7S/c1-10-13-18-34(5)19-16-20-37(24-23-33(4)17-11-2)32-54-46(51-42-31-43(55(58)59)36(7)30-39(42)48(54)57)45(47(56)52-41-21-14-15-22-44(41)62-8)50-40-26-25-38(29-35(40)6)53(12-3)28-27-49-63(9,60)61/h14-15,21-22,25-26,29-31,33-34,37,49H,10-13,16-20,23-24,27-28,32H2,1-9H3,(H,52,56). The van der Waals surface area contributed by atoms with Crippen molar-refractivity contribution >= 4 is 55.3 Å². The molecule has 2 N–H and O–H groups in total. The molecule has 4 rings (SSSR count). The van der Waals surface area contributed by atoms with E-state index in [0.29, 0.717) is 53.2 Å². The second kappa shape index (κ2) is 24.1. The fraction of sp³-hybridized carbons (Fsp3) is 0.542. The molecular weight excluding hydrogens is 819 g/mol. The van der Waals surface area contributed by atoms with E-state index in [4.69, 9.17) is 14.7 Å². The van der Waals surface area contributed by atoms with Gasteiger partial charge in [-0.05, 0) is 93.3 Å². The number of nitro benzene ring substituents is 1. The van der Waals surface area contributed by atoms with Crippen molar-refractivity contribution in [3.8, 4) is 5.75 Å². The maximum atomic E-state index is 15.0. The molecule has 3 atom stereocenters. The maximum absolute atomic E-state index is 15.0. The monoisotopic (exact) mass is 887 g/mol. The highest BCUT2D eigenvalue weighted by atomic mass is 32.2. The summed E-state index contributed by atoms with van der Waals surface area (Å²) in [4.78, 5) is 53.4. The molecule has 0 fully saturated rings. The van der Waals surface area contributed by atoms with Crippen LogP contribution in [0.4, 0.5) is 22.7 Å². The summed E-state index contributed by atoms with van der Waals surface area (Å²) in [5, 5.41) is 15.4. The van der Waals surface area contributed by atoms with Gasteiger partial charge < -0.3 is 15.0 Å². The number of likely N-dealkylation sites (N-methyl/N-ethyl adjacent to an activating group) is 1. The summed E-state index contributed by atoms with van der Waals surface area (Å²) in [7, 11) is -1.86. The van der Waals surface area contributed by atoms with E-state index in [-0.39, 0.29) is 47.1 Å². The van der Waals surface area contributed by atoms with E-state index < -0.39 is 26.4 Å². The molecule has 1 amide bonds. The minimum atomic E-state index is -3.36. The third kappa shape index (κ3) is 14.7. The first kappa shape index (κ1) is 50.5. The number of sulfonamides is 1. The molecule has 0 aliphatic rings. The average Bonchev–Trinajstić information content (AvgIpc) is 3.23. The number of ether oxygens (including phenoxy) is 1. The zero-order valence-electron chi connectivity index (χ0n) is 38.8. The van der Waals surface area contributed by atoms with Gasteiger partial charge in [-0.15, -0.1) is 0 Å². The molecule has 3 unspecified atom stereocenters. The molecule has 0 aliphatic heterocycles. The number of nitro groups is 1. The molecule has 14 nitrogen and oxygen atoms in total. The maximum Gasteiger partial charge on any atom is 0.278 e. The molecule has 1 heterocycles. The molecule has 0 spiro atoms. The van der Waals surface area contributed by atoms with Gasteiger partial charge in [-0.3, -0.25) is 24.3 Å². The summed E-state index contributed by atoms with van der Waals surface area (Å²) in [5.41, 5.74) is 2.06. The Kier molecular flexibility index (Phi) is 19.3. The first-order chi connectivity index (χ1) is 30.0. The van der Waals surface area contributed by atoms with Gasteiger partial charge in [0.1, 0.15) is 5.75 Å². The number of aliphatic imine (C=N–C) groups is 1. The lowest BCUT2D eigenvalue weighted by molar-refractivity contribution is -0.385. The summed E-state index contributed by atoms with van der Waals surface area (Å²) in [6.45, 7) is 15.9. The molecule has 3 aromatic carbocycles. The number of carbonyl (C=O) groups excluding carboxylic acids is 1. The Bertz CT molecular complexity index is 2380. The average molecular weight is 888 g/mol. The molecule has 63 heavy (non-hydrogen) atoms. The molecule has 344 valence electrons. The van der Waals surface area contributed by atoms with Gasteiger partial charge in [0.15, 0.2) is 11.5 Å². The van der Waals surface area contributed by atoms with E-state index >= 15 is 0 Å². The minimum absolute atomic E-state index is 0.00600. The second-order valence-electron chi connectivity index (χ2n) is 17.1. The van der Waals surface area contributed by atoms with Gasteiger partial charge >= 0.3 is 0 Å². The molecule has 0 radical (unpaired) electrons. The van der Waals surface area contributed by atoms with Crippen LogP contribution in [0.5, 0.6) is 5.75 Å². The molecule has 15 heteroatoms. The van der Waals surface area contributed by atoms with E-state index in [1.54, 1.807) is 41.8 Å². The third-order valence-corrected chi connectivity index (χ3v) is 12.5. The quantitative estimate of drug-likeness (QED) is 0.0353. The van der Waals surface area contributed by atoms with Crippen LogP contribution in [0.15, 0.2) is 64.4 Å². The molecular formula is C48H69N7O7S. The van der Waals surface area contributed by atoms with Gasteiger partial charge in [0.25, 0.3) is 17.2 Å². The summed E-state index contributed by atoms with van der Waals surface area (Å²) < 4.78 is 33.2. The Labute approximate surface area is 374 Å². The van der Waals surface area contributed by atoms with Gasteiger partial charge in [0, 0.05) is 43.5 Å². The molecule has 4 aromatic rings. The van der Waals surface area contributed by atoms with Gasteiger partial charge in [-0.1, -0.05) is 91.2 Å². The van der Waals surface area contributed by atoms with E-state index in [9.17, 15) is 28.1 Å². The highest BCUT2D eigenvalue weighted by molar-refractivity contribution is 7.88. The number of aryl methyl sites for hydroxylation is 2. The number of anilines is 2. The number of aromatic nitrogens is 2. The number of para-hydroxylation sites is 2. The number of unbranched alkanes of at least 4 members (excludes halogenated alkanes) is 1. The van der Waals surface area contributed by atoms with Crippen LogP contribution in [0.25, 0.3) is 10.9 Å². The van der Waals surface area contributed by atoms with Crippen molar-refractivity contribution in [1.29, 1.82) is 0 Å². The molecule has 0 saturated heterocycles. The summed E-state index contributed by atoms with van der Waals surface area (Å²) >= 11 is 0. The van der Waals surface area contributed by atoms with Crippen LogP contribution < -0.4 is 25.2 Å². The number of carbonyl (C=O) groups is 1. The lowest BCUT2D eigenvalue weighted by atomic mass is 9.89. The van der Waals surface area contributed by atoms with Crippen LogP contribution >= 0.6 is 0 Å². The Morgan fingerprint density at radius 1 is 0.937 bits per heavy atom. The molecule has 1 aromatic heterocycles. The summed E-state index contributed by atoms with van der Waals surface area (Å²) in [6, 6.07) is 15.4. The van der Waals surface area contributed by atoms with Gasteiger partial charge in [-0.2, -0.15) is 0 Å². The van der Waals surface area contributed by atoms with Crippen LogP contribution in [0.1, 0.15) is 116 Å². The zero-order valence-corrected chi connectivity index (χ0v) is 39.6. The second-order valence-corrected chi connectivity index (χ2v) is 18.9. The smallest absolute Gasteiger partial charge is 0.278 e. The predicted octanol–water partition coefficient (Wildman–Crippen LogP) is 9.89. The van der Waals surface area contributed by atoms with Crippen molar-refractivity contribution in [3.63, 3.8) is 0 Å². The van der Waals surface area contributed by atoms with Crippen molar-refractivity contribution in [2.45, 2.75) is 119 Å². The molecule has 0 aliphatic carbocycles. The Balaban J connectivity index is 1.96. The number of amides is 1. The number of methoxy groups -OCH3 is 1. The lowest BCUT2D eigenvalue weighted by Gasteiger charge is -2.24. The minimum Gasteiger partial charge on any atom is -0.495 e. The van der Waals surface area contributed by atoms with Crippen molar-refractivity contribution in [2.75, 3.05) is 43.2 Å². The Morgan fingerprint density at radius 2 is 1.65 bits per heavy atom. The SMILES string of the molecule is CCCCC(C)CCCC(CCC(C)CCC)Cn1c(C(=Nc2ccc(N(CC)CCNS(C)(=O)=O)cc2C)C(=O)Nc2ccccc2OC)nc2cc([N+](=O)[O-])c(C)cc2c1=O. The first-order valence-corrected chi connectivity index (χ1v) is 24.4. The highest BCUT2D eigenvalue weighted by Crippen LogP contribution is 2.30. The number of nitrogens with one attached hydrogen (secondary N) is 2. The van der Waals surface area contributed by atoms with Crippen molar-refractivity contribution < 1.29 is 22.9 Å². The summed E-state index contributed by atoms with van der Waals surface area (Å²) in [5.74, 6) is 0.944. The topological polar surface area (TPSA) is 178 Å². The molecule has 0 bridgehead atoms. The Morgan fingerprint density at radius 3 is 2.30 bits per heavy atom. The van der Waals surface area contributed by atoms with Crippen LogP contribution in [0, 0.1) is 41.7 Å². The Hall–Kier alpha value is -5.15. The van der Waals surface area contributed by atoms with E-state index in [1.807, 2.05) is 30.9 Å².